The number of nitrogens with one attached hydrogen (secondary N) is 1. The van der Waals surface area contributed by atoms with E-state index in [2.05, 4.69) is 55.1 Å². The lowest BCUT2D eigenvalue weighted by Crippen LogP contribution is -2.28. The second kappa shape index (κ2) is 7.58. The molecule has 2 aromatic rings. The molecule has 5 heteroatoms. The monoisotopic (exact) mass is 360 g/mol. The molecule has 25 heavy (non-hydrogen) atoms. The van der Waals surface area contributed by atoms with Crippen molar-refractivity contribution in [3.8, 4) is 0 Å². The standard InChI is InChI=1S/C20H32N4S/c1-6-20(2,3)14-8-9-16-15(12-14)17-18(21-10-7-11-24(4)5)22-13-23-19(17)25-16/h13-14H,6-12H2,1-5H3,(H,21,22,23). The van der Waals surface area contributed by atoms with E-state index in [1.165, 1.54) is 41.5 Å². The van der Waals surface area contributed by atoms with E-state index >= 15 is 0 Å². The number of aryl methyl sites for hydroxylation is 1. The van der Waals surface area contributed by atoms with Gasteiger partial charge in [0.05, 0.1) is 5.39 Å². The number of nitrogens with zero attached hydrogens (tertiary/aromatic N) is 3. The molecular formula is C20H32N4S. The van der Waals surface area contributed by atoms with Crippen molar-refractivity contribution in [2.45, 2.75) is 52.9 Å². The number of rotatable bonds is 7. The van der Waals surface area contributed by atoms with Crippen LogP contribution >= 0.6 is 11.3 Å². The molecule has 0 saturated heterocycles. The molecule has 0 spiro atoms. The highest BCUT2D eigenvalue weighted by Gasteiger charge is 2.33. The van der Waals surface area contributed by atoms with Crippen LogP contribution in [0.4, 0.5) is 5.82 Å². The molecule has 1 atom stereocenters. The first-order valence-electron chi connectivity index (χ1n) is 9.56. The Balaban J connectivity index is 1.85. The molecule has 0 fully saturated rings. The van der Waals surface area contributed by atoms with Crippen LogP contribution in [0.2, 0.25) is 0 Å². The summed E-state index contributed by atoms with van der Waals surface area (Å²) in [6, 6.07) is 0. The average Bonchev–Trinajstić information content (AvgIpc) is 2.97. The SMILES string of the molecule is CCC(C)(C)C1CCc2sc3ncnc(NCCCN(C)C)c3c2C1. The molecule has 3 rings (SSSR count). The van der Waals surface area contributed by atoms with Gasteiger partial charge in [-0.15, -0.1) is 11.3 Å². The van der Waals surface area contributed by atoms with Gasteiger partial charge in [-0.1, -0.05) is 27.2 Å². The first-order valence-corrected chi connectivity index (χ1v) is 10.4. The van der Waals surface area contributed by atoms with Gasteiger partial charge in [0, 0.05) is 11.4 Å². The Morgan fingerprint density at radius 3 is 2.84 bits per heavy atom. The van der Waals surface area contributed by atoms with Crippen LogP contribution in [0.15, 0.2) is 6.33 Å². The summed E-state index contributed by atoms with van der Waals surface area (Å²) >= 11 is 1.88. The Morgan fingerprint density at radius 1 is 1.32 bits per heavy atom. The molecule has 0 aliphatic heterocycles. The van der Waals surface area contributed by atoms with Gasteiger partial charge in [-0.2, -0.15) is 0 Å². The summed E-state index contributed by atoms with van der Waals surface area (Å²) in [6.45, 7) is 9.22. The minimum Gasteiger partial charge on any atom is -0.369 e. The van der Waals surface area contributed by atoms with Gasteiger partial charge in [-0.25, -0.2) is 9.97 Å². The number of hydrogen-bond acceptors (Lipinski definition) is 5. The molecule has 2 heterocycles. The molecule has 1 aliphatic carbocycles. The Kier molecular flexibility index (Phi) is 5.64. The number of anilines is 1. The molecule has 0 radical (unpaired) electrons. The van der Waals surface area contributed by atoms with Gasteiger partial charge in [-0.05, 0) is 63.2 Å². The third-order valence-corrected chi connectivity index (χ3v) is 7.13. The van der Waals surface area contributed by atoms with Gasteiger partial charge in [-0.3, -0.25) is 0 Å². The van der Waals surface area contributed by atoms with Crippen LogP contribution < -0.4 is 5.32 Å². The lowest BCUT2D eigenvalue weighted by Gasteiger charge is -2.36. The van der Waals surface area contributed by atoms with Gasteiger partial charge in [0.1, 0.15) is 17.0 Å². The van der Waals surface area contributed by atoms with Crippen LogP contribution in [0.5, 0.6) is 0 Å². The van der Waals surface area contributed by atoms with E-state index in [-0.39, 0.29) is 0 Å². The molecule has 0 bridgehead atoms. The quantitative estimate of drug-likeness (QED) is 0.733. The summed E-state index contributed by atoms with van der Waals surface area (Å²) in [4.78, 5) is 14.1. The minimum atomic E-state index is 0.404. The van der Waals surface area contributed by atoms with Crippen molar-refractivity contribution in [3.63, 3.8) is 0 Å². The van der Waals surface area contributed by atoms with Crippen molar-refractivity contribution in [2.24, 2.45) is 11.3 Å². The Bertz CT molecular complexity index is 720. The smallest absolute Gasteiger partial charge is 0.138 e. The van der Waals surface area contributed by atoms with Crippen molar-refractivity contribution in [2.75, 3.05) is 32.5 Å². The molecule has 0 amide bonds. The Morgan fingerprint density at radius 2 is 2.12 bits per heavy atom. The van der Waals surface area contributed by atoms with Crippen LogP contribution in [0.25, 0.3) is 10.2 Å². The van der Waals surface area contributed by atoms with Gasteiger partial charge >= 0.3 is 0 Å². The van der Waals surface area contributed by atoms with Crippen molar-refractivity contribution in [1.82, 2.24) is 14.9 Å². The molecule has 1 aliphatic rings. The fourth-order valence-corrected chi connectivity index (χ4v) is 4.98. The number of hydrogen-bond donors (Lipinski definition) is 1. The summed E-state index contributed by atoms with van der Waals surface area (Å²) in [7, 11) is 4.24. The van der Waals surface area contributed by atoms with Crippen molar-refractivity contribution in [3.05, 3.63) is 16.8 Å². The largest absolute Gasteiger partial charge is 0.369 e. The predicted octanol–water partition coefficient (Wildman–Crippen LogP) is 4.60. The molecule has 0 aromatic carbocycles. The maximum atomic E-state index is 4.58. The van der Waals surface area contributed by atoms with E-state index in [0.717, 1.165) is 36.1 Å². The van der Waals surface area contributed by atoms with E-state index in [4.69, 9.17) is 0 Å². The fourth-order valence-electron chi connectivity index (χ4n) is 3.80. The first kappa shape index (κ1) is 18.6. The van der Waals surface area contributed by atoms with Crippen LogP contribution in [0.1, 0.15) is 50.5 Å². The van der Waals surface area contributed by atoms with E-state index < -0.39 is 0 Å². The van der Waals surface area contributed by atoms with Crippen LogP contribution in [0, 0.1) is 11.3 Å². The summed E-state index contributed by atoms with van der Waals surface area (Å²) in [5.41, 5.74) is 1.93. The highest BCUT2D eigenvalue weighted by molar-refractivity contribution is 7.19. The predicted molar refractivity (Wildman–Crippen MR) is 109 cm³/mol. The minimum absolute atomic E-state index is 0.404. The van der Waals surface area contributed by atoms with Crippen LogP contribution in [-0.4, -0.2) is 42.1 Å². The highest BCUT2D eigenvalue weighted by atomic mass is 32.1. The third kappa shape index (κ3) is 3.98. The van der Waals surface area contributed by atoms with E-state index in [1.54, 1.807) is 6.33 Å². The maximum Gasteiger partial charge on any atom is 0.138 e. The Labute approximate surface area is 156 Å². The fraction of sp³-hybridized carbons (Fsp3) is 0.700. The summed E-state index contributed by atoms with van der Waals surface area (Å²) < 4.78 is 0. The topological polar surface area (TPSA) is 41.1 Å². The number of aromatic nitrogens is 2. The van der Waals surface area contributed by atoms with Gasteiger partial charge in [0.2, 0.25) is 0 Å². The molecule has 0 saturated carbocycles. The second-order valence-corrected chi connectivity index (χ2v) is 9.36. The lowest BCUT2D eigenvalue weighted by molar-refractivity contribution is 0.184. The molecule has 138 valence electrons. The molecule has 1 unspecified atom stereocenters. The van der Waals surface area contributed by atoms with E-state index in [9.17, 15) is 0 Å². The number of thiophene rings is 1. The van der Waals surface area contributed by atoms with E-state index in [0.29, 0.717) is 5.41 Å². The first-order chi connectivity index (χ1) is 11.9. The summed E-state index contributed by atoms with van der Waals surface area (Å²) in [6.07, 6.45) is 7.75. The normalized spacial score (nSPS) is 17.9. The zero-order chi connectivity index (χ0) is 18.0. The summed E-state index contributed by atoms with van der Waals surface area (Å²) in [5, 5.41) is 4.87. The van der Waals surface area contributed by atoms with Crippen LogP contribution in [0.3, 0.4) is 0 Å². The lowest BCUT2D eigenvalue weighted by atomic mass is 9.69. The van der Waals surface area contributed by atoms with Gasteiger partial charge in [0.15, 0.2) is 0 Å². The molecule has 2 aromatic heterocycles. The zero-order valence-corrected chi connectivity index (χ0v) is 17.2. The molecule has 1 N–H and O–H groups in total. The Hall–Kier alpha value is -1.20. The van der Waals surface area contributed by atoms with Gasteiger partial charge < -0.3 is 10.2 Å². The van der Waals surface area contributed by atoms with E-state index in [1.807, 2.05) is 11.3 Å². The van der Waals surface area contributed by atoms with Crippen molar-refractivity contribution in [1.29, 1.82) is 0 Å². The molecule has 4 nitrogen and oxygen atoms in total. The van der Waals surface area contributed by atoms with Crippen LogP contribution in [-0.2, 0) is 12.8 Å². The summed E-state index contributed by atoms with van der Waals surface area (Å²) in [5.74, 6) is 1.79. The van der Waals surface area contributed by atoms with Crippen molar-refractivity contribution >= 4 is 27.4 Å². The van der Waals surface area contributed by atoms with Gasteiger partial charge in [0.25, 0.3) is 0 Å². The number of fused-ring (bicyclic) bond motifs is 3. The average molecular weight is 361 g/mol. The zero-order valence-electron chi connectivity index (χ0n) is 16.4. The molecular weight excluding hydrogens is 328 g/mol. The maximum absolute atomic E-state index is 4.58. The highest BCUT2D eigenvalue weighted by Crippen LogP contribution is 2.45. The third-order valence-electron chi connectivity index (χ3n) is 5.93. The second-order valence-electron chi connectivity index (χ2n) is 8.27. The van der Waals surface area contributed by atoms with Crippen molar-refractivity contribution < 1.29 is 0 Å².